The first-order valence-corrected chi connectivity index (χ1v) is 9.14. The summed E-state index contributed by atoms with van der Waals surface area (Å²) < 4.78 is 24.1. The molecule has 1 aliphatic heterocycles. The summed E-state index contributed by atoms with van der Waals surface area (Å²) in [4.78, 5) is 14.9. The number of nitrogens with zero attached hydrogens (tertiary/aromatic N) is 1. The average Bonchev–Trinajstić information content (AvgIpc) is 2.97. The zero-order chi connectivity index (χ0) is 15.5. The number of piperidine rings is 1. The van der Waals surface area contributed by atoms with Crippen molar-refractivity contribution in [2.24, 2.45) is 16.8 Å². The largest absolute Gasteiger partial charge is 0.341 e. The van der Waals surface area contributed by atoms with Crippen LogP contribution in [0.2, 0.25) is 0 Å². The molecule has 1 aromatic rings. The molecule has 2 unspecified atom stereocenters. The standard InChI is InChI=1S/C12H20N4O3S2/c13-11(10-4-2-6-20-10)12(17)16-5-1-3-9(8-16)7-15-21(14,18)19/h2,4,6,9,11,15H,1,3,5,7-8,13H2,(H2,14,18,19). The molecule has 1 aliphatic rings. The van der Waals surface area contributed by atoms with Crippen LogP contribution in [0.1, 0.15) is 23.8 Å². The van der Waals surface area contributed by atoms with E-state index < -0.39 is 16.3 Å². The number of likely N-dealkylation sites (tertiary alicyclic amines) is 1. The lowest BCUT2D eigenvalue weighted by Gasteiger charge is -2.34. The van der Waals surface area contributed by atoms with Gasteiger partial charge in [0.1, 0.15) is 6.04 Å². The van der Waals surface area contributed by atoms with Gasteiger partial charge in [0.2, 0.25) is 5.91 Å². The van der Waals surface area contributed by atoms with Gasteiger partial charge in [0.25, 0.3) is 10.2 Å². The number of hydrogen-bond acceptors (Lipinski definition) is 5. The molecular formula is C12H20N4O3S2. The summed E-state index contributed by atoms with van der Waals surface area (Å²) in [5.74, 6) is -0.0469. The van der Waals surface area contributed by atoms with E-state index in [0.717, 1.165) is 17.7 Å². The molecule has 0 saturated carbocycles. The molecule has 7 nitrogen and oxygen atoms in total. The second kappa shape index (κ2) is 6.84. The minimum atomic E-state index is -3.69. The van der Waals surface area contributed by atoms with Gasteiger partial charge < -0.3 is 10.6 Å². The quantitative estimate of drug-likeness (QED) is 0.690. The highest BCUT2D eigenvalue weighted by atomic mass is 32.2. The number of carbonyl (C=O) groups excluding carboxylic acids is 1. The van der Waals surface area contributed by atoms with Gasteiger partial charge in [0.15, 0.2) is 0 Å². The van der Waals surface area contributed by atoms with Crippen LogP contribution in [0.3, 0.4) is 0 Å². The Balaban J connectivity index is 1.92. The van der Waals surface area contributed by atoms with E-state index in [1.165, 1.54) is 11.3 Å². The number of carbonyl (C=O) groups is 1. The third-order valence-electron chi connectivity index (χ3n) is 3.52. The van der Waals surface area contributed by atoms with E-state index in [9.17, 15) is 13.2 Å². The molecule has 1 aromatic heterocycles. The fourth-order valence-electron chi connectivity index (χ4n) is 2.45. The lowest BCUT2D eigenvalue weighted by Crippen LogP contribution is -2.47. The van der Waals surface area contributed by atoms with Crippen molar-refractivity contribution < 1.29 is 13.2 Å². The Hall–Kier alpha value is -1.00. The van der Waals surface area contributed by atoms with E-state index in [4.69, 9.17) is 10.9 Å². The van der Waals surface area contributed by atoms with Crippen LogP contribution in [-0.4, -0.2) is 38.9 Å². The first-order chi connectivity index (χ1) is 9.87. The number of nitrogens with two attached hydrogens (primary N) is 2. The maximum atomic E-state index is 12.4. The maximum absolute atomic E-state index is 12.4. The average molecular weight is 332 g/mol. The maximum Gasteiger partial charge on any atom is 0.274 e. The van der Waals surface area contributed by atoms with Crippen molar-refractivity contribution in [2.45, 2.75) is 18.9 Å². The van der Waals surface area contributed by atoms with Gasteiger partial charge >= 0.3 is 0 Å². The molecule has 0 radical (unpaired) electrons. The van der Waals surface area contributed by atoms with Crippen molar-refractivity contribution in [3.63, 3.8) is 0 Å². The highest BCUT2D eigenvalue weighted by Crippen LogP contribution is 2.22. The van der Waals surface area contributed by atoms with Crippen LogP contribution in [0.5, 0.6) is 0 Å². The smallest absolute Gasteiger partial charge is 0.274 e. The number of nitrogens with one attached hydrogen (secondary N) is 1. The second-order valence-corrected chi connectivity index (χ2v) is 7.54. The van der Waals surface area contributed by atoms with Crippen LogP contribution >= 0.6 is 11.3 Å². The lowest BCUT2D eigenvalue weighted by atomic mass is 9.97. The minimum absolute atomic E-state index is 0.0663. The van der Waals surface area contributed by atoms with E-state index in [1.54, 1.807) is 4.90 Å². The number of hydrogen-bond donors (Lipinski definition) is 3. The summed E-state index contributed by atoms with van der Waals surface area (Å²) in [6.07, 6.45) is 1.69. The normalized spacial score (nSPS) is 21.2. The predicted octanol–water partition coefficient (Wildman–Crippen LogP) is -0.220. The van der Waals surface area contributed by atoms with Crippen LogP contribution in [0, 0.1) is 5.92 Å². The van der Waals surface area contributed by atoms with Crippen LogP contribution in [0.15, 0.2) is 17.5 Å². The molecule has 2 rings (SSSR count). The Kier molecular flexibility index (Phi) is 5.33. The molecule has 0 spiro atoms. The van der Waals surface area contributed by atoms with Gasteiger partial charge in [-0.3, -0.25) is 4.79 Å². The minimum Gasteiger partial charge on any atom is -0.341 e. The van der Waals surface area contributed by atoms with Gasteiger partial charge in [-0.2, -0.15) is 8.42 Å². The fraction of sp³-hybridized carbons (Fsp3) is 0.583. The molecule has 0 bridgehead atoms. The van der Waals surface area contributed by atoms with Crippen molar-refractivity contribution in [1.29, 1.82) is 0 Å². The molecule has 0 aliphatic carbocycles. The van der Waals surface area contributed by atoms with Gasteiger partial charge in [-0.15, -0.1) is 11.3 Å². The van der Waals surface area contributed by atoms with Gasteiger partial charge in [0.05, 0.1) is 0 Å². The summed E-state index contributed by atoms with van der Waals surface area (Å²) in [6, 6.07) is 3.06. The highest BCUT2D eigenvalue weighted by molar-refractivity contribution is 7.87. The van der Waals surface area contributed by atoms with E-state index in [0.29, 0.717) is 13.1 Å². The third-order valence-corrected chi connectivity index (χ3v) is 5.04. The molecule has 2 heterocycles. The number of thiophene rings is 1. The first-order valence-electron chi connectivity index (χ1n) is 6.72. The Labute approximate surface area is 128 Å². The molecule has 21 heavy (non-hydrogen) atoms. The number of amides is 1. The van der Waals surface area contributed by atoms with E-state index in [2.05, 4.69) is 4.72 Å². The summed E-state index contributed by atoms with van der Waals surface area (Å²) in [6.45, 7) is 1.40. The molecule has 9 heteroatoms. The molecule has 5 N–H and O–H groups in total. The predicted molar refractivity (Wildman–Crippen MR) is 81.7 cm³/mol. The van der Waals surface area contributed by atoms with Crippen LogP contribution in [0.4, 0.5) is 0 Å². The van der Waals surface area contributed by atoms with Crippen molar-refractivity contribution >= 4 is 27.5 Å². The SMILES string of the molecule is NC(C(=O)N1CCCC(CNS(N)(=O)=O)C1)c1cccs1. The lowest BCUT2D eigenvalue weighted by molar-refractivity contribution is -0.134. The second-order valence-electron chi connectivity index (χ2n) is 5.18. The zero-order valence-corrected chi connectivity index (χ0v) is 13.2. The molecule has 1 saturated heterocycles. The van der Waals surface area contributed by atoms with Crippen molar-refractivity contribution in [3.05, 3.63) is 22.4 Å². The van der Waals surface area contributed by atoms with Gasteiger partial charge in [-0.05, 0) is 30.2 Å². The zero-order valence-electron chi connectivity index (χ0n) is 11.6. The highest BCUT2D eigenvalue weighted by Gasteiger charge is 2.28. The summed E-state index contributed by atoms with van der Waals surface area (Å²) in [5, 5.41) is 6.81. The van der Waals surface area contributed by atoms with Crippen molar-refractivity contribution in [1.82, 2.24) is 9.62 Å². The Morgan fingerprint density at radius 2 is 2.33 bits per heavy atom. The van der Waals surface area contributed by atoms with E-state index >= 15 is 0 Å². The van der Waals surface area contributed by atoms with Gasteiger partial charge in [-0.1, -0.05) is 6.07 Å². The van der Waals surface area contributed by atoms with Crippen molar-refractivity contribution in [2.75, 3.05) is 19.6 Å². The molecule has 2 atom stereocenters. The molecule has 118 valence electrons. The topological polar surface area (TPSA) is 119 Å². The summed E-state index contributed by atoms with van der Waals surface area (Å²) in [7, 11) is -3.69. The molecular weight excluding hydrogens is 312 g/mol. The van der Waals surface area contributed by atoms with Crippen LogP contribution < -0.4 is 15.6 Å². The summed E-state index contributed by atoms with van der Waals surface area (Å²) >= 11 is 1.46. The van der Waals surface area contributed by atoms with E-state index in [-0.39, 0.29) is 18.4 Å². The molecule has 1 amide bonds. The monoisotopic (exact) mass is 332 g/mol. The van der Waals surface area contributed by atoms with E-state index in [1.807, 2.05) is 17.5 Å². The first kappa shape index (κ1) is 16.4. The van der Waals surface area contributed by atoms with Crippen LogP contribution in [0.25, 0.3) is 0 Å². The third kappa shape index (κ3) is 4.75. The van der Waals surface area contributed by atoms with Gasteiger partial charge in [-0.25, -0.2) is 9.86 Å². The van der Waals surface area contributed by atoms with Crippen LogP contribution in [-0.2, 0) is 15.0 Å². The Morgan fingerprint density at radius 1 is 1.57 bits per heavy atom. The summed E-state index contributed by atoms with van der Waals surface area (Å²) in [5.41, 5.74) is 5.99. The Bertz CT molecular complexity index is 573. The Morgan fingerprint density at radius 3 is 2.95 bits per heavy atom. The van der Waals surface area contributed by atoms with Gasteiger partial charge in [0, 0.05) is 24.5 Å². The fourth-order valence-corrected chi connectivity index (χ4v) is 3.64. The molecule has 0 aromatic carbocycles. The molecule has 1 fully saturated rings. The van der Waals surface area contributed by atoms with Crippen molar-refractivity contribution in [3.8, 4) is 0 Å². The number of rotatable bonds is 5.